The molecule has 0 amide bonds. The number of fused-ring (bicyclic) bond motifs is 2. The van der Waals surface area contributed by atoms with E-state index in [9.17, 15) is 4.39 Å². The van der Waals surface area contributed by atoms with Crippen molar-refractivity contribution >= 4 is 27.6 Å². The molecular formula is C28H25FN8. The highest BCUT2D eigenvalue weighted by Gasteiger charge is 2.16. The molecule has 0 unspecified atom stereocenters. The molecule has 0 aliphatic rings. The first-order valence-corrected chi connectivity index (χ1v) is 12.0. The molecule has 0 radical (unpaired) electrons. The Hall–Kier alpha value is -4.63. The van der Waals surface area contributed by atoms with Crippen LogP contribution >= 0.6 is 0 Å². The molecule has 9 heteroatoms. The summed E-state index contributed by atoms with van der Waals surface area (Å²) in [5.74, 6) is -0.313. The zero-order valence-corrected chi connectivity index (χ0v) is 20.5. The number of anilines is 1. The van der Waals surface area contributed by atoms with Crippen LogP contribution in [0.4, 0.5) is 10.1 Å². The number of pyridine rings is 3. The fourth-order valence-electron chi connectivity index (χ4n) is 4.45. The predicted molar refractivity (Wildman–Crippen MR) is 145 cm³/mol. The molecule has 8 nitrogen and oxygen atoms in total. The van der Waals surface area contributed by atoms with Crippen LogP contribution in [-0.4, -0.2) is 62.2 Å². The van der Waals surface area contributed by atoms with Crippen molar-refractivity contribution in [1.29, 1.82) is 0 Å². The van der Waals surface area contributed by atoms with Crippen LogP contribution in [-0.2, 0) is 0 Å². The smallest absolute Gasteiger partial charge is 0.181 e. The number of H-pyrrole nitrogens is 2. The van der Waals surface area contributed by atoms with E-state index in [2.05, 4.69) is 40.3 Å². The van der Waals surface area contributed by atoms with Gasteiger partial charge in [-0.1, -0.05) is 6.07 Å². The summed E-state index contributed by atoms with van der Waals surface area (Å²) in [7, 11) is 4.01. The van der Waals surface area contributed by atoms with E-state index in [0.29, 0.717) is 23.4 Å². The lowest BCUT2D eigenvalue weighted by Gasteiger charge is -2.12. The summed E-state index contributed by atoms with van der Waals surface area (Å²) >= 11 is 0. The van der Waals surface area contributed by atoms with Gasteiger partial charge in [-0.25, -0.2) is 9.37 Å². The molecule has 0 fully saturated rings. The Morgan fingerprint density at radius 3 is 2.68 bits per heavy atom. The van der Waals surface area contributed by atoms with Gasteiger partial charge in [0, 0.05) is 64.8 Å². The van der Waals surface area contributed by atoms with Crippen molar-refractivity contribution in [1.82, 2.24) is 35.0 Å². The summed E-state index contributed by atoms with van der Waals surface area (Å²) in [5.41, 5.74) is 7.03. The monoisotopic (exact) mass is 492 g/mol. The van der Waals surface area contributed by atoms with E-state index in [0.717, 1.165) is 51.2 Å². The summed E-state index contributed by atoms with van der Waals surface area (Å²) in [6.07, 6.45) is 5.27. The van der Waals surface area contributed by atoms with Crippen molar-refractivity contribution in [2.45, 2.75) is 0 Å². The number of nitrogens with zero attached hydrogens (tertiary/aromatic N) is 5. The van der Waals surface area contributed by atoms with E-state index in [1.807, 2.05) is 56.6 Å². The molecule has 3 N–H and O–H groups in total. The fraction of sp³-hybridized carbons (Fsp3) is 0.143. The molecule has 0 saturated carbocycles. The zero-order valence-electron chi connectivity index (χ0n) is 20.5. The van der Waals surface area contributed by atoms with Crippen LogP contribution in [0.25, 0.3) is 55.8 Å². The Balaban J connectivity index is 1.41. The summed E-state index contributed by atoms with van der Waals surface area (Å²) in [6.45, 7) is 1.55. The van der Waals surface area contributed by atoms with Crippen molar-refractivity contribution in [3.63, 3.8) is 0 Å². The largest absolute Gasteiger partial charge is 0.384 e. The summed E-state index contributed by atoms with van der Waals surface area (Å²) in [5, 5.41) is 12.6. The first kappa shape index (κ1) is 22.8. The molecular weight excluding hydrogens is 467 g/mol. The molecule has 0 spiro atoms. The van der Waals surface area contributed by atoms with Gasteiger partial charge < -0.3 is 15.2 Å². The fourth-order valence-corrected chi connectivity index (χ4v) is 4.45. The molecule has 6 aromatic rings. The number of likely N-dealkylation sites (N-methyl/N-ethyl adjacent to an activating group) is 1. The molecule has 0 bridgehead atoms. The summed E-state index contributed by atoms with van der Waals surface area (Å²) in [6, 6.07) is 16.7. The Bertz CT molecular complexity index is 1700. The minimum absolute atomic E-state index is 0.313. The Morgan fingerprint density at radius 2 is 1.84 bits per heavy atom. The number of benzene rings is 1. The zero-order chi connectivity index (χ0) is 25.4. The average Bonchev–Trinajstić information content (AvgIpc) is 3.52. The lowest BCUT2D eigenvalue weighted by atomic mass is 10.1. The molecule has 0 aliphatic carbocycles. The molecule has 0 atom stereocenters. The number of rotatable bonds is 7. The van der Waals surface area contributed by atoms with Crippen LogP contribution in [0, 0.1) is 5.82 Å². The molecule has 0 aliphatic heterocycles. The second kappa shape index (κ2) is 9.44. The van der Waals surface area contributed by atoms with Crippen molar-refractivity contribution in [3.8, 4) is 33.9 Å². The van der Waals surface area contributed by atoms with E-state index in [4.69, 9.17) is 0 Å². The summed E-state index contributed by atoms with van der Waals surface area (Å²) < 4.78 is 14.6. The minimum Gasteiger partial charge on any atom is -0.384 e. The molecule has 5 aromatic heterocycles. The maximum atomic E-state index is 14.6. The first-order valence-electron chi connectivity index (χ1n) is 12.0. The standard InChI is InChI=1S/C28H25FN8/c1-37(2)10-9-30-20-12-17(11-19(29)14-20)26-21-15-25(34-24(21)6-8-32-26)27-22-13-18(16-33-28(22)36-35-27)23-5-3-4-7-31-23/h3-8,11-16,30,34H,9-10H2,1-2H3,(H,33,35,36). The maximum absolute atomic E-state index is 14.6. The van der Waals surface area contributed by atoms with Crippen LogP contribution in [0.3, 0.4) is 0 Å². The van der Waals surface area contributed by atoms with Crippen molar-refractivity contribution in [2.24, 2.45) is 0 Å². The van der Waals surface area contributed by atoms with E-state index in [1.54, 1.807) is 18.6 Å². The van der Waals surface area contributed by atoms with Gasteiger partial charge in [0.2, 0.25) is 0 Å². The molecule has 6 rings (SSSR count). The second-order valence-corrected chi connectivity index (χ2v) is 9.17. The quantitative estimate of drug-likeness (QED) is 0.278. The lowest BCUT2D eigenvalue weighted by Crippen LogP contribution is -2.20. The molecule has 1 aromatic carbocycles. The normalized spacial score (nSPS) is 11.6. The van der Waals surface area contributed by atoms with Crippen LogP contribution in [0.5, 0.6) is 0 Å². The Kier molecular flexibility index (Phi) is 5.82. The minimum atomic E-state index is -0.313. The van der Waals surface area contributed by atoms with Gasteiger partial charge in [0.15, 0.2) is 5.65 Å². The lowest BCUT2D eigenvalue weighted by molar-refractivity contribution is 0.425. The van der Waals surface area contributed by atoms with E-state index in [-0.39, 0.29) is 5.82 Å². The van der Waals surface area contributed by atoms with E-state index >= 15 is 0 Å². The van der Waals surface area contributed by atoms with Gasteiger partial charge in [-0.15, -0.1) is 0 Å². The van der Waals surface area contributed by atoms with Gasteiger partial charge >= 0.3 is 0 Å². The third kappa shape index (κ3) is 4.52. The Morgan fingerprint density at radius 1 is 0.919 bits per heavy atom. The van der Waals surface area contributed by atoms with Crippen LogP contribution in [0.1, 0.15) is 0 Å². The van der Waals surface area contributed by atoms with Gasteiger partial charge in [-0.05, 0) is 62.6 Å². The highest BCUT2D eigenvalue weighted by Crippen LogP contribution is 2.34. The SMILES string of the molecule is CN(C)CCNc1cc(F)cc(-c2nccc3[nH]c(-c4[nH]nc5ncc(-c6ccccn6)cc45)cc23)c1. The topological polar surface area (TPSA) is 98.4 Å². The van der Waals surface area contributed by atoms with Gasteiger partial charge in [0.25, 0.3) is 0 Å². The van der Waals surface area contributed by atoms with Gasteiger partial charge in [-0.2, -0.15) is 5.10 Å². The Labute approximate surface area is 212 Å². The van der Waals surface area contributed by atoms with Crippen LogP contribution in [0.2, 0.25) is 0 Å². The van der Waals surface area contributed by atoms with Gasteiger partial charge in [0.05, 0.1) is 22.8 Å². The number of hydrogen-bond donors (Lipinski definition) is 3. The number of halogens is 1. The van der Waals surface area contributed by atoms with Crippen molar-refractivity contribution < 1.29 is 4.39 Å². The molecule has 5 heterocycles. The van der Waals surface area contributed by atoms with E-state index in [1.165, 1.54) is 12.1 Å². The molecule has 184 valence electrons. The number of nitrogens with one attached hydrogen (secondary N) is 3. The first-order chi connectivity index (χ1) is 18.0. The summed E-state index contributed by atoms with van der Waals surface area (Å²) in [4.78, 5) is 19.1. The van der Waals surface area contributed by atoms with E-state index < -0.39 is 0 Å². The number of aromatic amines is 2. The maximum Gasteiger partial charge on any atom is 0.181 e. The highest BCUT2D eigenvalue weighted by atomic mass is 19.1. The van der Waals surface area contributed by atoms with Gasteiger partial charge in [0.1, 0.15) is 5.82 Å². The van der Waals surface area contributed by atoms with Crippen LogP contribution < -0.4 is 5.32 Å². The van der Waals surface area contributed by atoms with Crippen molar-refractivity contribution in [3.05, 3.63) is 79.0 Å². The third-order valence-electron chi connectivity index (χ3n) is 6.25. The predicted octanol–water partition coefficient (Wildman–Crippen LogP) is 5.34. The highest BCUT2D eigenvalue weighted by molar-refractivity contribution is 6.00. The molecule has 37 heavy (non-hydrogen) atoms. The number of aromatic nitrogens is 6. The third-order valence-corrected chi connectivity index (χ3v) is 6.25. The van der Waals surface area contributed by atoms with Crippen LogP contribution in [0.15, 0.2) is 73.2 Å². The van der Waals surface area contributed by atoms with Gasteiger partial charge in [-0.3, -0.25) is 15.1 Å². The number of hydrogen-bond acceptors (Lipinski definition) is 6. The average molecular weight is 493 g/mol. The molecule has 0 saturated heterocycles. The van der Waals surface area contributed by atoms with Crippen molar-refractivity contribution in [2.75, 3.05) is 32.5 Å². The second-order valence-electron chi connectivity index (χ2n) is 9.17.